The zero-order valence-electron chi connectivity index (χ0n) is 11.1. The van der Waals surface area contributed by atoms with Crippen molar-refractivity contribution in [3.63, 3.8) is 0 Å². The van der Waals surface area contributed by atoms with Gasteiger partial charge in [-0.3, -0.25) is 0 Å². The standard InChI is InChI=1S/C14H14F2N2O3/c15-14(16)20-12-4-10-8(3-9-7-19-2-1-17-9)6-18-11(10)5-13(12)21-14/h4-6,9,17-18H,1-3,7H2/t9-/m0/s1. The highest BCUT2D eigenvalue weighted by atomic mass is 19.3. The van der Waals surface area contributed by atoms with Gasteiger partial charge in [-0.1, -0.05) is 0 Å². The third-order valence-electron chi connectivity index (χ3n) is 3.75. The van der Waals surface area contributed by atoms with E-state index in [9.17, 15) is 8.78 Å². The number of morpholine rings is 1. The fraction of sp³-hybridized carbons (Fsp3) is 0.429. The Morgan fingerprint density at radius 3 is 2.81 bits per heavy atom. The Bertz CT molecular complexity index is 680. The number of benzene rings is 1. The van der Waals surface area contributed by atoms with Crippen LogP contribution in [0.4, 0.5) is 8.78 Å². The predicted molar refractivity (Wildman–Crippen MR) is 70.8 cm³/mol. The number of alkyl halides is 2. The van der Waals surface area contributed by atoms with E-state index in [4.69, 9.17) is 4.74 Å². The Hall–Kier alpha value is -1.86. The van der Waals surface area contributed by atoms with Crippen molar-refractivity contribution in [2.45, 2.75) is 18.8 Å². The zero-order valence-corrected chi connectivity index (χ0v) is 11.1. The van der Waals surface area contributed by atoms with Gasteiger partial charge in [-0.25, -0.2) is 0 Å². The molecular formula is C14H14F2N2O3. The van der Waals surface area contributed by atoms with E-state index in [-0.39, 0.29) is 17.5 Å². The molecule has 0 spiro atoms. The highest BCUT2D eigenvalue weighted by Crippen LogP contribution is 2.43. The van der Waals surface area contributed by atoms with E-state index in [0.717, 1.165) is 36.0 Å². The first-order valence-electron chi connectivity index (χ1n) is 6.82. The lowest BCUT2D eigenvalue weighted by molar-refractivity contribution is -0.286. The van der Waals surface area contributed by atoms with Gasteiger partial charge in [0.05, 0.1) is 13.2 Å². The molecule has 1 aromatic heterocycles. The monoisotopic (exact) mass is 296 g/mol. The molecular weight excluding hydrogens is 282 g/mol. The molecule has 2 aromatic rings. The summed E-state index contributed by atoms with van der Waals surface area (Å²) in [6.07, 6.45) is -0.940. The molecule has 2 aliphatic heterocycles. The second-order valence-corrected chi connectivity index (χ2v) is 5.26. The Labute approximate surface area is 119 Å². The van der Waals surface area contributed by atoms with Crippen molar-refractivity contribution in [3.8, 4) is 11.5 Å². The molecule has 112 valence electrons. The van der Waals surface area contributed by atoms with E-state index >= 15 is 0 Å². The molecule has 0 aliphatic carbocycles. The van der Waals surface area contributed by atoms with Crippen molar-refractivity contribution in [3.05, 3.63) is 23.9 Å². The topological polar surface area (TPSA) is 55.5 Å². The van der Waals surface area contributed by atoms with E-state index in [1.54, 1.807) is 12.1 Å². The highest BCUT2D eigenvalue weighted by Gasteiger charge is 2.43. The zero-order chi connectivity index (χ0) is 14.4. The molecule has 0 bridgehead atoms. The molecule has 1 fully saturated rings. The number of aromatic amines is 1. The van der Waals surface area contributed by atoms with Gasteiger partial charge < -0.3 is 24.5 Å². The van der Waals surface area contributed by atoms with Crippen LogP contribution >= 0.6 is 0 Å². The Balaban J connectivity index is 1.65. The molecule has 2 aliphatic rings. The predicted octanol–water partition coefficient (Wildman–Crippen LogP) is 2.02. The maximum atomic E-state index is 13.1. The van der Waals surface area contributed by atoms with E-state index < -0.39 is 6.29 Å². The minimum absolute atomic E-state index is 0.0556. The first kappa shape index (κ1) is 12.8. The smallest absolute Gasteiger partial charge is 0.395 e. The van der Waals surface area contributed by atoms with Crippen LogP contribution in [-0.2, 0) is 11.2 Å². The minimum atomic E-state index is -3.58. The van der Waals surface area contributed by atoms with Crippen molar-refractivity contribution in [1.82, 2.24) is 10.3 Å². The summed E-state index contributed by atoms with van der Waals surface area (Å²) in [6, 6.07) is 3.37. The summed E-state index contributed by atoms with van der Waals surface area (Å²) in [5, 5.41) is 4.24. The Morgan fingerprint density at radius 2 is 2.05 bits per heavy atom. The largest absolute Gasteiger partial charge is 0.586 e. The van der Waals surface area contributed by atoms with Crippen LogP contribution in [0.1, 0.15) is 5.56 Å². The van der Waals surface area contributed by atoms with Crippen molar-refractivity contribution < 1.29 is 23.0 Å². The molecule has 1 saturated heterocycles. The summed E-state index contributed by atoms with van der Waals surface area (Å²) in [4.78, 5) is 3.09. The van der Waals surface area contributed by atoms with E-state index in [2.05, 4.69) is 19.8 Å². The van der Waals surface area contributed by atoms with Gasteiger partial charge in [-0.05, 0) is 18.1 Å². The van der Waals surface area contributed by atoms with Gasteiger partial charge in [-0.15, -0.1) is 8.78 Å². The number of nitrogens with one attached hydrogen (secondary N) is 2. The fourth-order valence-corrected chi connectivity index (χ4v) is 2.81. The summed E-state index contributed by atoms with van der Waals surface area (Å²) in [7, 11) is 0. The van der Waals surface area contributed by atoms with Gasteiger partial charge in [-0.2, -0.15) is 0 Å². The Morgan fingerprint density at radius 1 is 1.24 bits per heavy atom. The molecule has 0 unspecified atom stereocenters. The third kappa shape index (κ3) is 2.32. The van der Waals surface area contributed by atoms with E-state index in [1.165, 1.54) is 0 Å². The minimum Gasteiger partial charge on any atom is -0.395 e. The summed E-state index contributed by atoms with van der Waals surface area (Å²) >= 11 is 0. The van der Waals surface area contributed by atoms with Gasteiger partial charge in [0.15, 0.2) is 11.5 Å². The molecule has 5 nitrogen and oxygen atoms in total. The van der Waals surface area contributed by atoms with Gasteiger partial charge >= 0.3 is 6.29 Å². The normalized spacial score (nSPS) is 23.6. The van der Waals surface area contributed by atoms with Crippen molar-refractivity contribution in [2.75, 3.05) is 19.8 Å². The van der Waals surface area contributed by atoms with Crippen LogP contribution in [-0.4, -0.2) is 37.1 Å². The third-order valence-corrected chi connectivity index (χ3v) is 3.75. The molecule has 2 N–H and O–H groups in total. The number of hydrogen-bond acceptors (Lipinski definition) is 4. The number of aromatic nitrogens is 1. The first-order chi connectivity index (χ1) is 10.1. The first-order valence-corrected chi connectivity index (χ1v) is 6.82. The summed E-state index contributed by atoms with van der Waals surface area (Å²) in [6.45, 7) is 2.19. The molecule has 1 aromatic carbocycles. The summed E-state index contributed by atoms with van der Waals surface area (Å²) in [5.74, 6) is 0.126. The average Bonchev–Trinajstić information content (AvgIpc) is 2.96. The lowest BCUT2D eigenvalue weighted by Crippen LogP contribution is -2.42. The van der Waals surface area contributed by atoms with E-state index in [0.29, 0.717) is 6.61 Å². The second-order valence-electron chi connectivity index (χ2n) is 5.26. The molecule has 0 saturated carbocycles. The number of H-pyrrole nitrogens is 1. The number of halogens is 2. The van der Waals surface area contributed by atoms with Gasteiger partial charge in [0.1, 0.15) is 0 Å². The maximum Gasteiger partial charge on any atom is 0.586 e. The van der Waals surface area contributed by atoms with Gasteiger partial charge in [0, 0.05) is 35.8 Å². The van der Waals surface area contributed by atoms with Crippen LogP contribution in [0.15, 0.2) is 18.3 Å². The quantitative estimate of drug-likeness (QED) is 0.890. The molecule has 7 heteroatoms. The molecule has 21 heavy (non-hydrogen) atoms. The fourth-order valence-electron chi connectivity index (χ4n) is 2.81. The second kappa shape index (κ2) is 4.57. The van der Waals surface area contributed by atoms with Crippen molar-refractivity contribution in [2.24, 2.45) is 0 Å². The van der Waals surface area contributed by atoms with Crippen molar-refractivity contribution >= 4 is 10.9 Å². The Kier molecular flexibility index (Phi) is 2.80. The number of fused-ring (bicyclic) bond motifs is 2. The van der Waals surface area contributed by atoms with Crippen LogP contribution < -0.4 is 14.8 Å². The summed E-state index contributed by atoms with van der Waals surface area (Å²) < 4.78 is 40.6. The summed E-state index contributed by atoms with van der Waals surface area (Å²) in [5.41, 5.74) is 1.79. The maximum absolute atomic E-state index is 13.1. The molecule has 0 radical (unpaired) electrons. The molecule has 4 rings (SSSR count). The SMILES string of the molecule is FC1(F)Oc2cc3[nH]cc(C[C@H]4COCCN4)c3cc2O1. The van der Waals surface area contributed by atoms with Gasteiger partial charge in [0.2, 0.25) is 0 Å². The van der Waals surface area contributed by atoms with Crippen LogP contribution in [0, 0.1) is 0 Å². The molecule has 0 amide bonds. The number of hydrogen-bond donors (Lipinski definition) is 2. The van der Waals surface area contributed by atoms with Crippen LogP contribution in [0.3, 0.4) is 0 Å². The van der Waals surface area contributed by atoms with Gasteiger partial charge in [0.25, 0.3) is 0 Å². The number of rotatable bonds is 2. The van der Waals surface area contributed by atoms with Crippen molar-refractivity contribution in [1.29, 1.82) is 0 Å². The van der Waals surface area contributed by atoms with Crippen LogP contribution in [0.25, 0.3) is 10.9 Å². The molecule has 1 atom stereocenters. The van der Waals surface area contributed by atoms with Crippen LogP contribution in [0.2, 0.25) is 0 Å². The average molecular weight is 296 g/mol. The number of ether oxygens (including phenoxy) is 3. The van der Waals surface area contributed by atoms with Crippen LogP contribution in [0.5, 0.6) is 11.5 Å². The lowest BCUT2D eigenvalue weighted by atomic mass is 10.0. The lowest BCUT2D eigenvalue weighted by Gasteiger charge is -2.23. The van der Waals surface area contributed by atoms with E-state index in [1.807, 2.05) is 6.20 Å². The highest BCUT2D eigenvalue weighted by molar-refractivity contribution is 5.87. The molecule has 3 heterocycles.